The quantitative estimate of drug-likeness (QED) is 0.638. The zero-order valence-electron chi connectivity index (χ0n) is 15.6. The molecule has 28 heavy (non-hydrogen) atoms. The molecule has 1 heterocycles. The Morgan fingerprint density at radius 1 is 0.964 bits per heavy atom. The summed E-state index contributed by atoms with van der Waals surface area (Å²) < 4.78 is 10.4. The van der Waals surface area contributed by atoms with Crippen molar-refractivity contribution in [3.05, 3.63) is 65.1 Å². The van der Waals surface area contributed by atoms with Gasteiger partial charge < -0.3 is 20.1 Å². The van der Waals surface area contributed by atoms with Gasteiger partial charge in [0.2, 0.25) is 0 Å². The first kappa shape index (κ1) is 19.4. The van der Waals surface area contributed by atoms with Crippen LogP contribution in [0.25, 0.3) is 0 Å². The number of nitrogens with zero attached hydrogens (tertiary/aromatic N) is 2. The van der Waals surface area contributed by atoms with Crippen LogP contribution in [-0.2, 0) is 0 Å². The van der Waals surface area contributed by atoms with Crippen LogP contribution in [0.15, 0.2) is 48.8 Å². The summed E-state index contributed by atoms with van der Waals surface area (Å²) in [5.74, 6) is 1.21. The number of ether oxygens (including phenoxy) is 2. The van der Waals surface area contributed by atoms with E-state index in [-0.39, 0.29) is 11.6 Å². The lowest BCUT2D eigenvalue weighted by molar-refractivity contribution is 0.102. The van der Waals surface area contributed by atoms with Crippen molar-refractivity contribution in [1.29, 1.82) is 0 Å². The van der Waals surface area contributed by atoms with E-state index in [2.05, 4.69) is 20.6 Å². The number of anilines is 3. The van der Waals surface area contributed by atoms with Crippen LogP contribution in [0.2, 0.25) is 5.02 Å². The Balaban J connectivity index is 1.69. The molecule has 144 valence electrons. The van der Waals surface area contributed by atoms with E-state index in [1.807, 2.05) is 19.1 Å². The van der Waals surface area contributed by atoms with Gasteiger partial charge in [-0.3, -0.25) is 4.79 Å². The monoisotopic (exact) mass is 398 g/mol. The van der Waals surface area contributed by atoms with Crippen LogP contribution in [-0.4, -0.2) is 30.1 Å². The van der Waals surface area contributed by atoms with Gasteiger partial charge in [-0.15, -0.1) is 0 Å². The summed E-state index contributed by atoms with van der Waals surface area (Å²) in [6.07, 6.45) is 2.88. The van der Waals surface area contributed by atoms with Crippen LogP contribution in [0.4, 0.5) is 17.2 Å². The van der Waals surface area contributed by atoms with Crippen LogP contribution < -0.4 is 20.1 Å². The molecule has 3 rings (SSSR count). The summed E-state index contributed by atoms with van der Waals surface area (Å²) >= 11 is 6.12. The van der Waals surface area contributed by atoms with Gasteiger partial charge in [0, 0.05) is 22.5 Å². The highest BCUT2D eigenvalue weighted by Crippen LogP contribution is 2.30. The number of aryl methyl sites for hydroxylation is 1. The highest BCUT2D eigenvalue weighted by Gasteiger charge is 2.11. The largest absolute Gasteiger partial charge is 0.493 e. The zero-order valence-corrected chi connectivity index (χ0v) is 16.4. The molecule has 0 radical (unpaired) electrons. The molecule has 0 saturated carbocycles. The number of rotatable bonds is 6. The van der Waals surface area contributed by atoms with Crippen molar-refractivity contribution < 1.29 is 14.3 Å². The smallest absolute Gasteiger partial charge is 0.275 e. The van der Waals surface area contributed by atoms with Gasteiger partial charge in [0.05, 0.1) is 26.6 Å². The number of carbonyl (C=O) groups is 1. The van der Waals surface area contributed by atoms with E-state index in [0.717, 1.165) is 11.3 Å². The van der Waals surface area contributed by atoms with Crippen molar-refractivity contribution in [2.24, 2.45) is 0 Å². The van der Waals surface area contributed by atoms with Crippen LogP contribution in [0, 0.1) is 6.92 Å². The van der Waals surface area contributed by atoms with Crippen molar-refractivity contribution in [2.45, 2.75) is 6.92 Å². The van der Waals surface area contributed by atoms with E-state index in [9.17, 15) is 4.79 Å². The van der Waals surface area contributed by atoms with Crippen LogP contribution >= 0.6 is 11.6 Å². The lowest BCUT2D eigenvalue weighted by Gasteiger charge is -2.10. The molecule has 8 heteroatoms. The molecule has 0 aliphatic carbocycles. The minimum Gasteiger partial charge on any atom is -0.493 e. The number of hydrogen-bond acceptors (Lipinski definition) is 6. The molecular weight excluding hydrogens is 380 g/mol. The standard InChI is InChI=1S/C20H19ClN4O3/c1-12-4-5-13(8-15(12)21)24-19-11-22-16(10-23-19)20(26)25-14-6-7-17(27-2)18(9-14)28-3/h4-11H,1-3H3,(H,23,24)(H,25,26). The second-order valence-electron chi connectivity index (χ2n) is 5.90. The fourth-order valence-electron chi connectivity index (χ4n) is 2.44. The number of amides is 1. The number of carbonyl (C=O) groups excluding carboxylic acids is 1. The number of halogens is 1. The van der Waals surface area contributed by atoms with E-state index in [1.165, 1.54) is 19.5 Å². The molecule has 2 aromatic carbocycles. The molecule has 1 aromatic heterocycles. The second-order valence-corrected chi connectivity index (χ2v) is 6.31. The number of nitrogens with one attached hydrogen (secondary N) is 2. The topological polar surface area (TPSA) is 85.4 Å². The Labute approximate surface area is 167 Å². The number of hydrogen-bond donors (Lipinski definition) is 2. The Kier molecular flexibility index (Phi) is 5.96. The van der Waals surface area contributed by atoms with Gasteiger partial charge in [0.25, 0.3) is 5.91 Å². The highest BCUT2D eigenvalue weighted by molar-refractivity contribution is 6.31. The summed E-state index contributed by atoms with van der Waals surface area (Å²) in [5, 5.41) is 6.50. The van der Waals surface area contributed by atoms with Crippen molar-refractivity contribution in [2.75, 3.05) is 24.9 Å². The Morgan fingerprint density at radius 2 is 1.71 bits per heavy atom. The second kappa shape index (κ2) is 8.58. The van der Waals surface area contributed by atoms with E-state index in [4.69, 9.17) is 21.1 Å². The Hall–Kier alpha value is -3.32. The minimum atomic E-state index is -0.385. The third-order valence-corrected chi connectivity index (χ3v) is 4.38. The number of methoxy groups -OCH3 is 2. The van der Waals surface area contributed by atoms with Crippen LogP contribution in [0.5, 0.6) is 11.5 Å². The molecule has 0 atom stereocenters. The molecule has 0 aliphatic heterocycles. The maximum absolute atomic E-state index is 12.4. The predicted molar refractivity (Wildman–Crippen MR) is 109 cm³/mol. The molecule has 2 N–H and O–H groups in total. The Bertz CT molecular complexity index is 993. The highest BCUT2D eigenvalue weighted by atomic mass is 35.5. The summed E-state index contributed by atoms with van der Waals surface area (Å²) in [6.45, 7) is 1.93. The normalized spacial score (nSPS) is 10.3. The first-order valence-electron chi connectivity index (χ1n) is 8.38. The molecule has 0 bridgehead atoms. The van der Waals surface area contributed by atoms with Crippen LogP contribution in [0.3, 0.4) is 0 Å². The van der Waals surface area contributed by atoms with Crippen molar-refractivity contribution >= 4 is 34.7 Å². The summed E-state index contributed by atoms with van der Waals surface area (Å²) in [7, 11) is 3.08. The molecule has 0 fully saturated rings. The third-order valence-electron chi connectivity index (χ3n) is 3.97. The van der Waals surface area contributed by atoms with Crippen molar-refractivity contribution in [1.82, 2.24) is 9.97 Å². The van der Waals surface area contributed by atoms with Gasteiger partial charge in [-0.2, -0.15) is 0 Å². The first-order chi connectivity index (χ1) is 13.5. The molecule has 0 saturated heterocycles. The fourth-order valence-corrected chi connectivity index (χ4v) is 2.62. The lowest BCUT2D eigenvalue weighted by Crippen LogP contribution is -2.14. The van der Waals surface area contributed by atoms with Gasteiger partial charge in [0.15, 0.2) is 11.5 Å². The molecule has 0 unspecified atom stereocenters. The average molecular weight is 399 g/mol. The van der Waals surface area contributed by atoms with E-state index in [1.54, 1.807) is 31.4 Å². The summed E-state index contributed by atoms with van der Waals surface area (Å²) in [5.41, 5.74) is 2.51. The molecular formula is C20H19ClN4O3. The van der Waals surface area contributed by atoms with Gasteiger partial charge in [-0.05, 0) is 36.8 Å². The van der Waals surface area contributed by atoms with Crippen LogP contribution in [0.1, 0.15) is 16.1 Å². The maximum Gasteiger partial charge on any atom is 0.275 e. The van der Waals surface area contributed by atoms with Crippen molar-refractivity contribution in [3.63, 3.8) is 0 Å². The van der Waals surface area contributed by atoms with E-state index in [0.29, 0.717) is 28.0 Å². The maximum atomic E-state index is 12.4. The molecule has 1 amide bonds. The van der Waals surface area contributed by atoms with Gasteiger partial charge in [-0.1, -0.05) is 17.7 Å². The SMILES string of the molecule is COc1ccc(NC(=O)c2cnc(Nc3ccc(C)c(Cl)c3)cn2)cc1OC. The minimum absolute atomic E-state index is 0.183. The third kappa shape index (κ3) is 4.50. The Morgan fingerprint density at radius 3 is 2.36 bits per heavy atom. The molecule has 7 nitrogen and oxygen atoms in total. The van der Waals surface area contributed by atoms with Crippen molar-refractivity contribution in [3.8, 4) is 11.5 Å². The first-order valence-corrected chi connectivity index (χ1v) is 8.76. The molecule has 3 aromatic rings. The predicted octanol–water partition coefficient (Wildman–Crippen LogP) is 4.45. The molecule has 0 spiro atoms. The lowest BCUT2D eigenvalue weighted by atomic mass is 10.2. The summed E-state index contributed by atoms with van der Waals surface area (Å²) in [4.78, 5) is 20.8. The number of aromatic nitrogens is 2. The summed E-state index contributed by atoms with van der Waals surface area (Å²) in [6, 6.07) is 10.7. The van der Waals surface area contributed by atoms with Gasteiger partial charge in [-0.25, -0.2) is 9.97 Å². The molecule has 0 aliphatic rings. The fraction of sp³-hybridized carbons (Fsp3) is 0.150. The average Bonchev–Trinajstić information content (AvgIpc) is 2.71. The van der Waals surface area contributed by atoms with Gasteiger partial charge >= 0.3 is 0 Å². The van der Waals surface area contributed by atoms with E-state index < -0.39 is 0 Å². The number of benzene rings is 2. The van der Waals surface area contributed by atoms with Gasteiger partial charge in [0.1, 0.15) is 11.5 Å². The zero-order chi connectivity index (χ0) is 20.1. The van der Waals surface area contributed by atoms with E-state index >= 15 is 0 Å².